The second kappa shape index (κ2) is 7.87. The lowest BCUT2D eigenvalue weighted by atomic mass is 9.92. The fourth-order valence-corrected chi connectivity index (χ4v) is 3.75. The summed E-state index contributed by atoms with van der Waals surface area (Å²) >= 11 is 0. The predicted molar refractivity (Wildman–Crippen MR) is 110 cm³/mol. The molecule has 146 valence electrons. The van der Waals surface area contributed by atoms with Crippen LogP contribution in [0, 0.1) is 12.8 Å². The van der Waals surface area contributed by atoms with E-state index in [9.17, 15) is 5.11 Å². The van der Waals surface area contributed by atoms with Gasteiger partial charge < -0.3 is 19.6 Å². The molecule has 2 atom stereocenters. The van der Waals surface area contributed by atoms with E-state index in [0.29, 0.717) is 18.6 Å². The van der Waals surface area contributed by atoms with Gasteiger partial charge in [0.15, 0.2) is 6.23 Å². The van der Waals surface area contributed by atoms with Crippen molar-refractivity contribution in [1.82, 2.24) is 9.88 Å². The topological polar surface area (TPSA) is 48.8 Å². The maximum atomic E-state index is 10.8. The third-order valence-electron chi connectivity index (χ3n) is 5.37. The van der Waals surface area contributed by atoms with Crippen LogP contribution < -0.4 is 9.64 Å². The molecule has 5 heteroatoms. The number of rotatable bonds is 6. The summed E-state index contributed by atoms with van der Waals surface area (Å²) in [6.07, 6.45) is 2.19. The number of hydrogen-bond donors (Lipinski definition) is 1. The van der Waals surface area contributed by atoms with Crippen LogP contribution in [0.5, 0.6) is 5.75 Å². The average Bonchev–Trinajstić information content (AvgIpc) is 2.62. The van der Waals surface area contributed by atoms with Crippen molar-refractivity contribution in [1.29, 1.82) is 0 Å². The van der Waals surface area contributed by atoms with Gasteiger partial charge in [-0.3, -0.25) is 4.98 Å². The van der Waals surface area contributed by atoms with Gasteiger partial charge in [-0.25, -0.2) is 0 Å². The van der Waals surface area contributed by atoms with Gasteiger partial charge in [0.1, 0.15) is 12.4 Å². The summed E-state index contributed by atoms with van der Waals surface area (Å²) in [7, 11) is 6.10. The van der Waals surface area contributed by atoms with Crippen LogP contribution in [0.25, 0.3) is 11.1 Å². The quantitative estimate of drug-likeness (QED) is 0.838. The van der Waals surface area contributed by atoms with E-state index in [1.165, 1.54) is 0 Å². The molecular formula is C22H31N3O2. The highest BCUT2D eigenvalue weighted by molar-refractivity contribution is 5.85. The maximum absolute atomic E-state index is 10.8. The van der Waals surface area contributed by atoms with Crippen LogP contribution in [-0.2, 0) is 0 Å². The number of likely N-dealkylation sites (N-methyl/N-ethyl adjacent to an activating group) is 1. The molecule has 1 aliphatic rings. The van der Waals surface area contributed by atoms with E-state index in [2.05, 4.69) is 43.9 Å². The first kappa shape index (κ1) is 19.6. The zero-order valence-corrected chi connectivity index (χ0v) is 17.2. The monoisotopic (exact) mass is 369 g/mol. The lowest BCUT2D eigenvalue weighted by Gasteiger charge is -2.35. The van der Waals surface area contributed by atoms with Crippen molar-refractivity contribution in [2.45, 2.75) is 39.5 Å². The van der Waals surface area contributed by atoms with Crippen LogP contribution in [0.4, 0.5) is 5.69 Å². The van der Waals surface area contributed by atoms with Gasteiger partial charge in [-0.05, 0) is 57.1 Å². The second-order valence-corrected chi connectivity index (χ2v) is 8.08. The largest absolute Gasteiger partial charge is 0.492 e. The first-order valence-electron chi connectivity index (χ1n) is 9.59. The van der Waals surface area contributed by atoms with Crippen molar-refractivity contribution >= 4 is 5.69 Å². The predicted octanol–water partition coefficient (Wildman–Crippen LogP) is 3.85. The molecule has 3 rings (SSSR count). The average molecular weight is 370 g/mol. The van der Waals surface area contributed by atoms with Crippen molar-refractivity contribution < 1.29 is 9.84 Å². The molecule has 1 aliphatic heterocycles. The van der Waals surface area contributed by atoms with Gasteiger partial charge in [0.05, 0.1) is 5.69 Å². The summed E-state index contributed by atoms with van der Waals surface area (Å²) in [4.78, 5) is 8.45. The lowest BCUT2D eigenvalue weighted by molar-refractivity contribution is 0.164. The van der Waals surface area contributed by atoms with Crippen molar-refractivity contribution in [2.24, 2.45) is 5.92 Å². The molecule has 2 heterocycles. The number of fused-ring (bicyclic) bond motifs is 3. The number of aryl methyl sites for hydroxylation is 1. The van der Waals surface area contributed by atoms with Crippen LogP contribution in [0.3, 0.4) is 0 Å². The summed E-state index contributed by atoms with van der Waals surface area (Å²) in [6, 6.07) is 8.48. The standard InChI is InChI=1S/C22H31N3O2/c1-14(2)11-16(24(4)5)13-27-17-7-8-18-19-9-10-23-15(3)21(19)22(26)25(6)20(18)12-17/h7-10,12,14,16,22,26H,11,13H2,1-6H3/t16?,22-/m0/s1. The molecule has 0 spiro atoms. The molecule has 27 heavy (non-hydrogen) atoms. The molecule has 0 aliphatic carbocycles. The molecule has 5 nitrogen and oxygen atoms in total. The molecular weight excluding hydrogens is 338 g/mol. The SMILES string of the molecule is Cc1nccc2c1[C@H](O)N(C)c1cc(OCC(CC(C)C)N(C)C)ccc1-2. The van der Waals surface area contributed by atoms with Gasteiger partial charge in [-0.2, -0.15) is 0 Å². The zero-order valence-electron chi connectivity index (χ0n) is 17.2. The van der Waals surface area contributed by atoms with Crippen LogP contribution in [0.1, 0.15) is 37.8 Å². The molecule has 0 fully saturated rings. The Morgan fingerprint density at radius 3 is 2.63 bits per heavy atom. The third-order valence-corrected chi connectivity index (χ3v) is 5.37. The number of nitrogens with zero attached hydrogens (tertiary/aromatic N) is 3. The molecule has 1 aromatic heterocycles. The molecule has 0 amide bonds. The molecule has 0 saturated carbocycles. The maximum Gasteiger partial charge on any atom is 0.155 e. The number of ether oxygens (including phenoxy) is 1. The Hall–Kier alpha value is -2.11. The number of hydrogen-bond acceptors (Lipinski definition) is 5. The smallest absolute Gasteiger partial charge is 0.155 e. The van der Waals surface area contributed by atoms with E-state index in [-0.39, 0.29) is 0 Å². The summed E-state index contributed by atoms with van der Waals surface area (Å²) < 4.78 is 6.13. The van der Waals surface area contributed by atoms with E-state index in [0.717, 1.165) is 40.2 Å². The highest BCUT2D eigenvalue weighted by Gasteiger charge is 2.29. The second-order valence-electron chi connectivity index (χ2n) is 8.08. The number of aliphatic hydroxyl groups excluding tert-OH is 1. The van der Waals surface area contributed by atoms with Gasteiger partial charge in [0, 0.05) is 42.2 Å². The minimum Gasteiger partial charge on any atom is -0.492 e. The number of pyridine rings is 1. The van der Waals surface area contributed by atoms with Gasteiger partial charge in [-0.15, -0.1) is 0 Å². The molecule has 0 radical (unpaired) electrons. The minimum absolute atomic E-state index is 0.374. The highest BCUT2D eigenvalue weighted by Crippen LogP contribution is 2.44. The zero-order chi connectivity index (χ0) is 19.7. The van der Waals surface area contributed by atoms with Crippen molar-refractivity contribution in [3.63, 3.8) is 0 Å². The molecule has 1 N–H and O–H groups in total. The van der Waals surface area contributed by atoms with Crippen LogP contribution in [-0.4, -0.2) is 48.8 Å². The van der Waals surface area contributed by atoms with Gasteiger partial charge in [0.2, 0.25) is 0 Å². The fraction of sp³-hybridized carbons (Fsp3) is 0.500. The molecule has 0 bridgehead atoms. The summed E-state index contributed by atoms with van der Waals surface area (Å²) in [5.74, 6) is 1.46. The van der Waals surface area contributed by atoms with Crippen molar-refractivity contribution in [3.05, 3.63) is 41.7 Å². The van der Waals surface area contributed by atoms with E-state index < -0.39 is 6.23 Å². The molecule has 2 aromatic rings. The summed E-state index contributed by atoms with van der Waals surface area (Å²) in [5.41, 5.74) is 4.86. The van der Waals surface area contributed by atoms with Crippen LogP contribution >= 0.6 is 0 Å². The lowest BCUT2D eigenvalue weighted by Crippen LogP contribution is -2.35. The van der Waals surface area contributed by atoms with E-state index in [1.807, 2.05) is 37.1 Å². The van der Waals surface area contributed by atoms with Gasteiger partial charge in [-0.1, -0.05) is 13.8 Å². The highest BCUT2D eigenvalue weighted by atomic mass is 16.5. The number of benzene rings is 1. The Bertz CT molecular complexity index is 804. The van der Waals surface area contributed by atoms with E-state index >= 15 is 0 Å². The van der Waals surface area contributed by atoms with Crippen molar-refractivity contribution in [2.75, 3.05) is 32.6 Å². The Morgan fingerprint density at radius 2 is 1.96 bits per heavy atom. The summed E-state index contributed by atoms with van der Waals surface area (Å²) in [5, 5.41) is 10.8. The number of anilines is 1. The van der Waals surface area contributed by atoms with Gasteiger partial charge in [0.25, 0.3) is 0 Å². The minimum atomic E-state index is -0.702. The van der Waals surface area contributed by atoms with E-state index in [4.69, 9.17) is 4.74 Å². The fourth-order valence-electron chi connectivity index (χ4n) is 3.75. The van der Waals surface area contributed by atoms with Crippen LogP contribution in [0.15, 0.2) is 30.5 Å². The van der Waals surface area contributed by atoms with E-state index in [1.54, 1.807) is 6.20 Å². The first-order valence-corrected chi connectivity index (χ1v) is 9.59. The summed E-state index contributed by atoms with van der Waals surface area (Å²) in [6.45, 7) is 7.06. The Kier molecular flexibility index (Phi) is 5.72. The molecule has 1 aromatic carbocycles. The number of aliphatic hydroxyl groups is 1. The molecule has 0 saturated heterocycles. The molecule has 1 unspecified atom stereocenters. The Balaban J connectivity index is 1.87. The normalized spacial score (nSPS) is 17.1. The Labute approximate surface area is 162 Å². The number of aromatic nitrogens is 1. The van der Waals surface area contributed by atoms with Crippen molar-refractivity contribution in [3.8, 4) is 16.9 Å². The van der Waals surface area contributed by atoms with Gasteiger partial charge >= 0.3 is 0 Å². The third kappa shape index (κ3) is 3.94. The Morgan fingerprint density at radius 1 is 1.22 bits per heavy atom. The first-order chi connectivity index (χ1) is 12.8. The van der Waals surface area contributed by atoms with Crippen LogP contribution in [0.2, 0.25) is 0 Å².